The van der Waals surface area contributed by atoms with Crippen molar-refractivity contribution in [3.8, 4) is 28.3 Å². The van der Waals surface area contributed by atoms with Gasteiger partial charge in [-0.25, -0.2) is 9.97 Å². The lowest BCUT2D eigenvalue weighted by Crippen LogP contribution is -2.59. The molecule has 3 heterocycles. The van der Waals surface area contributed by atoms with E-state index in [0.29, 0.717) is 16.8 Å². The van der Waals surface area contributed by atoms with E-state index in [1.165, 1.54) is 16.2 Å². The lowest BCUT2D eigenvalue weighted by molar-refractivity contribution is -0.153. The molecule has 2 aliphatic rings. The van der Waals surface area contributed by atoms with E-state index in [1.807, 2.05) is 54.6 Å². The molecular weight excluding hydrogens is 588 g/mol. The van der Waals surface area contributed by atoms with E-state index in [2.05, 4.69) is 36.1 Å². The minimum absolute atomic E-state index is 0.0935. The summed E-state index contributed by atoms with van der Waals surface area (Å²) in [7, 11) is 0. The highest BCUT2D eigenvalue weighted by molar-refractivity contribution is 7.14. The van der Waals surface area contributed by atoms with Crippen LogP contribution in [0.15, 0.2) is 73.1 Å². The number of nitrogens with zero attached hydrogens (tertiary/aromatic N) is 3. The van der Waals surface area contributed by atoms with Gasteiger partial charge in [0.2, 0.25) is 5.91 Å². The summed E-state index contributed by atoms with van der Waals surface area (Å²) in [6.07, 6.45) is 6.45. The number of carboxylic acid groups (broad SMARTS) is 1. The fraction of sp³-hybridized carbons (Fsp3) is 0.343. The summed E-state index contributed by atoms with van der Waals surface area (Å²) in [5, 5.41) is 12.2. The molecule has 10 heteroatoms. The minimum atomic E-state index is -0.921. The maximum atomic E-state index is 13.4. The van der Waals surface area contributed by atoms with Crippen LogP contribution in [0.4, 0.5) is 0 Å². The number of benzene rings is 2. The molecule has 4 aromatic rings. The second-order valence-corrected chi connectivity index (χ2v) is 13.8. The zero-order valence-electron chi connectivity index (χ0n) is 25.5. The second kappa shape index (κ2) is 12.4. The van der Waals surface area contributed by atoms with Crippen LogP contribution in [0.5, 0.6) is 5.75 Å². The molecule has 2 amide bonds. The number of ether oxygens (including phenoxy) is 1. The molecule has 0 spiro atoms. The number of rotatable bonds is 10. The lowest BCUT2D eigenvalue weighted by Gasteiger charge is -2.38. The smallest absolute Gasteiger partial charge is 0.310 e. The van der Waals surface area contributed by atoms with E-state index in [4.69, 9.17) is 4.74 Å². The van der Waals surface area contributed by atoms with Gasteiger partial charge in [-0.15, -0.1) is 11.3 Å². The van der Waals surface area contributed by atoms with E-state index in [-0.39, 0.29) is 36.7 Å². The Bertz CT molecular complexity index is 1680. The molecule has 1 saturated carbocycles. The molecule has 2 N–H and O–H groups in total. The van der Waals surface area contributed by atoms with Crippen LogP contribution in [0, 0.1) is 5.92 Å². The van der Waals surface area contributed by atoms with Crippen molar-refractivity contribution >= 4 is 29.1 Å². The SMILES string of the molecule is CC(C)(C)c1ccc(C(=O)N[C@@H](Cc2ccc(-c3ncc(-c4ccc(OC5CC5)cc4)cn3)cc2)C(=O)N2CC(C(=O)O)C2)s1. The predicted molar refractivity (Wildman–Crippen MR) is 172 cm³/mol. The first-order valence-electron chi connectivity index (χ1n) is 15.1. The molecule has 1 saturated heterocycles. The van der Waals surface area contributed by atoms with E-state index in [9.17, 15) is 19.5 Å². The fourth-order valence-electron chi connectivity index (χ4n) is 5.08. The largest absolute Gasteiger partial charge is 0.490 e. The van der Waals surface area contributed by atoms with Crippen LogP contribution in [0.2, 0.25) is 0 Å². The number of hydrogen-bond donors (Lipinski definition) is 2. The molecule has 2 aromatic heterocycles. The van der Waals surface area contributed by atoms with Gasteiger partial charge in [0.15, 0.2) is 5.82 Å². The summed E-state index contributed by atoms with van der Waals surface area (Å²) in [5.41, 5.74) is 3.49. The molecule has 2 aromatic carbocycles. The Morgan fingerprint density at radius 1 is 0.933 bits per heavy atom. The Labute approximate surface area is 266 Å². The van der Waals surface area contributed by atoms with Gasteiger partial charge in [0.1, 0.15) is 11.8 Å². The van der Waals surface area contributed by atoms with E-state index < -0.39 is 17.9 Å². The van der Waals surface area contributed by atoms with Gasteiger partial charge in [0.25, 0.3) is 5.91 Å². The molecule has 45 heavy (non-hydrogen) atoms. The number of aliphatic carboxylic acids is 1. The Morgan fingerprint density at radius 2 is 1.58 bits per heavy atom. The first-order chi connectivity index (χ1) is 21.5. The number of carbonyl (C=O) groups is 3. The number of carbonyl (C=O) groups excluding carboxylic acids is 2. The highest BCUT2D eigenvalue weighted by atomic mass is 32.1. The van der Waals surface area contributed by atoms with Gasteiger partial charge < -0.3 is 20.1 Å². The average Bonchev–Trinajstić information content (AvgIpc) is 3.65. The van der Waals surface area contributed by atoms with Crippen LogP contribution in [-0.4, -0.2) is 63.0 Å². The summed E-state index contributed by atoms with van der Waals surface area (Å²) in [4.78, 5) is 50.2. The molecule has 0 unspecified atom stereocenters. The third-order valence-electron chi connectivity index (χ3n) is 8.03. The number of carboxylic acids is 1. The van der Waals surface area contributed by atoms with Crippen molar-refractivity contribution in [1.82, 2.24) is 20.2 Å². The van der Waals surface area contributed by atoms with Crippen molar-refractivity contribution in [3.63, 3.8) is 0 Å². The zero-order valence-corrected chi connectivity index (χ0v) is 26.3. The van der Waals surface area contributed by atoms with Gasteiger partial charge in [0.05, 0.1) is 16.9 Å². The van der Waals surface area contributed by atoms with Crippen LogP contribution >= 0.6 is 11.3 Å². The molecule has 1 aliphatic heterocycles. The van der Waals surface area contributed by atoms with Crippen molar-refractivity contribution in [2.24, 2.45) is 5.92 Å². The van der Waals surface area contributed by atoms with Crippen molar-refractivity contribution in [2.45, 2.75) is 57.6 Å². The number of thiophene rings is 1. The number of likely N-dealkylation sites (tertiary alicyclic amines) is 1. The van der Waals surface area contributed by atoms with Crippen molar-refractivity contribution < 1.29 is 24.2 Å². The summed E-state index contributed by atoms with van der Waals surface area (Å²) >= 11 is 1.41. The van der Waals surface area contributed by atoms with Crippen LogP contribution in [0.25, 0.3) is 22.5 Å². The average molecular weight is 625 g/mol. The van der Waals surface area contributed by atoms with Crippen LogP contribution in [0.1, 0.15) is 53.7 Å². The monoisotopic (exact) mass is 624 g/mol. The van der Waals surface area contributed by atoms with Crippen molar-refractivity contribution in [3.05, 3.63) is 88.4 Å². The number of nitrogens with one attached hydrogen (secondary N) is 1. The van der Waals surface area contributed by atoms with Crippen molar-refractivity contribution in [2.75, 3.05) is 13.1 Å². The molecule has 0 bridgehead atoms. The quantitative estimate of drug-likeness (QED) is 0.236. The highest BCUT2D eigenvalue weighted by Crippen LogP contribution is 2.31. The maximum Gasteiger partial charge on any atom is 0.310 e. The Hall–Kier alpha value is -4.57. The maximum absolute atomic E-state index is 13.4. The normalized spacial score (nSPS) is 15.7. The molecule has 6 rings (SSSR count). The second-order valence-electron chi connectivity index (χ2n) is 12.8. The first-order valence-corrected chi connectivity index (χ1v) is 16.0. The minimum Gasteiger partial charge on any atom is -0.490 e. The van der Waals surface area contributed by atoms with Crippen LogP contribution in [0.3, 0.4) is 0 Å². The zero-order chi connectivity index (χ0) is 31.7. The molecule has 1 aliphatic carbocycles. The summed E-state index contributed by atoms with van der Waals surface area (Å²) in [5.74, 6) is -0.660. The summed E-state index contributed by atoms with van der Waals surface area (Å²) in [6.45, 7) is 6.53. The van der Waals surface area contributed by atoms with Gasteiger partial charge in [-0.3, -0.25) is 14.4 Å². The first kappa shape index (κ1) is 30.5. The Kier molecular flexibility index (Phi) is 8.42. The van der Waals surface area contributed by atoms with Gasteiger partial charge in [-0.1, -0.05) is 57.2 Å². The van der Waals surface area contributed by atoms with Crippen LogP contribution < -0.4 is 10.1 Å². The van der Waals surface area contributed by atoms with E-state index >= 15 is 0 Å². The van der Waals surface area contributed by atoms with Crippen molar-refractivity contribution in [1.29, 1.82) is 0 Å². The third kappa shape index (κ3) is 7.23. The molecule has 232 valence electrons. The van der Waals surface area contributed by atoms with E-state index in [0.717, 1.165) is 45.7 Å². The Morgan fingerprint density at radius 3 is 2.16 bits per heavy atom. The lowest BCUT2D eigenvalue weighted by atomic mass is 9.95. The summed E-state index contributed by atoms with van der Waals surface area (Å²) in [6, 6.07) is 18.4. The fourth-order valence-corrected chi connectivity index (χ4v) is 6.05. The predicted octanol–water partition coefficient (Wildman–Crippen LogP) is 5.59. The molecule has 0 radical (unpaired) electrons. The Balaban J connectivity index is 1.13. The molecule has 2 fully saturated rings. The highest BCUT2D eigenvalue weighted by Gasteiger charge is 2.39. The van der Waals surface area contributed by atoms with E-state index in [1.54, 1.807) is 18.5 Å². The number of amides is 2. The molecule has 1 atom stereocenters. The number of aromatic nitrogens is 2. The summed E-state index contributed by atoms with van der Waals surface area (Å²) < 4.78 is 5.83. The van der Waals surface area contributed by atoms with Gasteiger partial charge >= 0.3 is 5.97 Å². The topological polar surface area (TPSA) is 122 Å². The molecular formula is C35H36N4O5S. The molecule has 9 nitrogen and oxygen atoms in total. The standard InChI is InChI=1S/C35H36N4O5S/c1-35(2,3)30-15-14-29(45-30)32(40)38-28(33(41)39-19-25(20-39)34(42)43)16-21-4-6-23(7-5-21)31-36-17-24(18-37-31)22-8-10-26(11-9-22)44-27-12-13-27/h4-11,14-15,17-18,25,27-28H,12-13,16,19-20H2,1-3H3,(H,38,40)(H,42,43)/t28-/m0/s1. The number of hydrogen-bond acceptors (Lipinski definition) is 7. The van der Waals surface area contributed by atoms with Crippen LogP contribution in [-0.2, 0) is 21.4 Å². The van der Waals surface area contributed by atoms with Gasteiger partial charge in [0, 0.05) is 47.9 Å². The van der Waals surface area contributed by atoms with Gasteiger partial charge in [-0.05, 0) is 53.6 Å². The van der Waals surface area contributed by atoms with Gasteiger partial charge in [-0.2, -0.15) is 0 Å². The third-order valence-corrected chi connectivity index (χ3v) is 9.54.